The molecule has 5 rings (SSSR count). The molecule has 1 heterocycles. The Hall–Kier alpha value is -4.38. The number of carboxylic acid groups (broad SMARTS) is 2. The fourth-order valence-corrected chi connectivity index (χ4v) is 7.02. The zero-order valence-electron chi connectivity index (χ0n) is 30.5. The number of hydrogen-bond acceptors (Lipinski definition) is 8. The van der Waals surface area contributed by atoms with Gasteiger partial charge in [0.1, 0.15) is 0 Å². The number of esters is 1. The van der Waals surface area contributed by atoms with Crippen LogP contribution < -0.4 is 34.0 Å². The van der Waals surface area contributed by atoms with Crippen LogP contribution in [0.15, 0.2) is 48.5 Å². The molecule has 0 spiro atoms. The van der Waals surface area contributed by atoms with Gasteiger partial charge < -0.3 is 25.7 Å². The van der Waals surface area contributed by atoms with E-state index in [1.807, 2.05) is 24.3 Å². The molecule has 14 nitrogen and oxygen atoms in total. The molecule has 0 atom stereocenters. The third kappa shape index (κ3) is 11.6. The Balaban J connectivity index is 0.000000347. The van der Waals surface area contributed by atoms with Crippen molar-refractivity contribution in [1.82, 2.24) is 10.2 Å². The molecule has 4 N–H and O–H groups in total. The summed E-state index contributed by atoms with van der Waals surface area (Å²) in [6.07, 6.45) is 5.34. The quantitative estimate of drug-likeness (QED) is 0.254. The summed E-state index contributed by atoms with van der Waals surface area (Å²) in [6, 6.07) is 14.2. The number of aliphatic carboxylic acids is 1. The van der Waals surface area contributed by atoms with Crippen molar-refractivity contribution in [2.24, 2.45) is 23.7 Å². The van der Waals surface area contributed by atoms with E-state index in [2.05, 4.69) is 5.32 Å². The second kappa shape index (κ2) is 20.6. The maximum atomic E-state index is 12.8. The Morgan fingerprint density at radius 2 is 1.44 bits per heavy atom. The normalized spacial score (nSPS) is 21.1. The molecule has 2 aliphatic carbocycles. The van der Waals surface area contributed by atoms with Crippen molar-refractivity contribution in [2.75, 3.05) is 44.1 Å². The molecule has 2 saturated carbocycles. The number of anilines is 2. The number of para-hydroxylation sites is 2. The molecule has 0 bridgehead atoms. The first-order valence-electron chi connectivity index (χ1n) is 17.2. The number of carboxylic acids is 1. The van der Waals surface area contributed by atoms with E-state index >= 15 is 0 Å². The van der Waals surface area contributed by atoms with Gasteiger partial charge in [0.05, 0.1) is 37.5 Å². The Bertz CT molecular complexity index is 1560. The van der Waals surface area contributed by atoms with Crippen LogP contribution in [0.25, 0.3) is 0 Å². The summed E-state index contributed by atoms with van der Waals surface area (Å²) in [6.45, 7) is 0.950. The van der Waals surface area contributed by atoms with Crippen molar-refractivity contribution in [3.63, 3.8) is 0 Å². The molecule has 0 radical (unpaired) electrons. The monoisotopic (exact) mass is 716 g/mol. The van der Waals surface area contributed by atoms with Gasteiger partial charge in [0, 0.05) is 32.9 Å². The summed E-state index contributed by atoms with van der Waals surface area (Å²) >= 11 is 0. The van der Waals surface area contributed by atoms with E-state index in [0.29, 0.717) is 43.1 Å². The number of nitrogens with zero attached hydrogens (tertiary/aromatic N) is 3. The van der Waals surface area contributed by atoms with Crippen LogP contribution in [0.1, 0.15) is 62.5 Å². The molecule has 1 aliphatic heterocycles. The fourth-order valence-electron chi connectivity index (χ4n) is 7.02. The number of methoxy groups -OCH3 is 1. The van der Waals surface area contributed by atoms with Gasteiger partial charge in [-0.25, -0.2) is 9.59 Å². The Kier molecular flexibility index (Phi) is 17.3. The van der Waals surface area contributed by atoms with Crippen LogP contribution in [-0.4, -0.2) is 90.8 Å². The number of carbonyl (C=O) groups is 6. The minimum atomic E-state index is -1.08. The number of urea groups is 1. The smallest absolute Gasteiger partial charge is 0.870 e. The number of nitrogens with one attached hydrogen (secondary N) is 1. The molecule has 3 aliphatic rings. The van der Waals surface area contributed by atoms with E-state index in [0.717, 1.165) is 54.7 Å². The molecule has 0 saturated heterocycles. The number of hydrogen-bond donors (Lipinski definition) is 3. The van der Waals surface area contributed by atoms with Gasteiger partial charge in [-0.1, -0.05) is 36.4 Å². The summed E-state index contributed by atoms with van der Waals surface area (Å²) < 4.78 is 4.81. The third-order valence-electron chi connectivity index (χ3n) is 10.1. The van der Waals surface area contributed by atoms with Crippen molar-refractivity contribution in [1.29, 1.82) is 0 Å². The predicted octanol–water partition coefficient (Wildman–Crippen LogP) is 1.78. The summed E-state index contributed by atoms with van der Waals surface area (Å²) in [7, 11) is 4.57. The van der Waals surface area contributed by atoms with E-state index < -0.39 is 12.1 Å². The first-order valence-corrected chi connectivity index (χ1v) is 17.2. The molecule has 2 fully saturated rings. The predicted molar refractivity (Wildman–Crippen MR) is 188 cm³/mol. The number of fused-ring (bicyclic) bond motifs is 1. The number of imide groups is 1. The van der Waals surface area contributed by atoms with Gasteiger partial charge >= 0.3 is 42.9 Å². The van der Waals surface area contributed by atoms with Crippen molar-refractivity contribution in [2.45, 2.75) is 64.2 Å². The van der Waals surface area contributed by atoms with Crippen LogP contribution in [-0.2, 0) is 36.8 Å². The van der Waals surface area contributed by atoms with E-state index in [1.165, 1.54) is 19.1 Å². The average Bonchev–Trinajstić information content (AvgIpc) is 3.20. The average molecular weight is 717 g/mol. The molecular weight excluding hydrogens is 667 g/mol. The number of benzene rings is 2. The second-order valence-electron chi connectivity index (χ2n) is 13.4. The number of amides is 5. The summed E-state index contributed by atoms with van der Waals surface area (Å²) in [4.78, 5) is 75.3. The summed E-state index contributed by atoms with van der Waals surface area (Å²) in [5, 5.41) is 21.0. The molecule has 2 aromatic rings. The Morgan fingerprint density at radius 3 is 2.06 bits per heavy atom. The van der Waals surface area contributed by atoms with Gasteiger partial charge in [-0.15, -0.1) is 0 Å². The number of carbonyl (C=O) groups excluding carboxylic acids is 4. The van der Waals surface area contributed by atoms with Crippen LogP contribution in [0.3, 0.4) is 0 Å². The molecule has 0 unspecified atom stereocenters. The zero-order valence-corrected chi connectivity index (χ0v) is 30.5. The molecule has 278 valence electrons. The van der Waals surface area contributed by atoms with Crippen LogP contribution in [0.5, 0.6) is 0 Å². The van der Waals surface area contributed by atoms with Crippen molar-refractivity contribution >= 4 is 47.3 Å². The van der Waals surface area contributed by atoms with Gasteiger partial charge in [0.2, 0.25) is 11.8 Å². The van der Waals surface area contributed by atoms with Crippen molar-refractivity contribution in [3.05, 3.63) is 59.7 Å². The van der Waals surface area contributed by atoms with Crippen molar-refractivity contribution < 1.29 is 68.1 Å². The minimum Gasteiger partial charge on any atom is -0.870 e. The van der Waals surface area contributed by atoms with E-state index in [4.69, 9.17) is 14.9 Å². The van der Waals surface area contributed by atoms with Gasteiger partial charge in [-0.05, 0) is 86.5 Å². The van der Waals surface area contributed by atoms with Gasteiger partial charge in [0.25, 0.3) is 0 Å². The Morgan fingerprint density at radius 1 is 0.865 bits per heavy atom. The Labute approximate surface area is 316 Å². The van der Waals surface area contributed by atoms with E-state index in [1.54, 1.807) is 36.2 Å². The maximum absolute atomic E-state index is 12.8. The minimum absolute atomic E-state index is 0. The van der Waals surface area contributed by atoms with Crippen molar-refractivity contribution in [3.8, 4) is 0 Å². The van der Waals surface area contributed by atoms with E-state index in [-0.39, 0.29) is 78.7 Å². The van der Waals surface area contributed by atoms with Crippen LogP contribution in [0.4, 0.5) is 21.0 Å². The number of ether oxygens (including phenoxy) is 1. The summed E-state index contributed by atoms with van der Waals surface area (Å²) in [5.74, 6) is -0.977. The van der Waals surface area contributed by atoms with Gasteiger partial charge in [-0.2, -0.15) is 0 Å². The molecule has 2 aromatic carbocycles. The van der Waals surface area contributed by atoms with Gasteiger partial charge in [0.15, 0.2) is 0 Å². The third-order valence-corrected chi connectivity index (χ3v) is 10.1. The molecule has 5 amide bonds. The van der Waals surface area contributed by atoms with Crippen LogP contribution in [0.2, 0.25) is 0 Å². The molecule has 0 aromatic heterocycles. The first kappa shape index (κ1) is 43.8. The SMILES string of the molecule is CN(C(=O)O)c1ccccc1CC(=O)NCC1CCC(C(=O)O)CC1.COC(=O)C1CCC(CN2C(=O)Cc3ccccc3N(C)C2=O)CC1.[Li+].[OH-]. The van der Waals surface area contributed by atoms with E-state index in [9.17, 15) is 28.8 Å². The first-order chi connectivity index (χ1) is 23.9. The summed E-state index contributed by atoms with van der Waals surface area (Å²) in [5.41, 5.74) is 2.81. The standard InChI is InChI=1S/C19H24N2O4.C18H24N2O5.Li.H2O/c1-20-16-6-4-3-5-15(16)11-17(22)21(19(20)24)12-13-7-9-14(10-8-13)18(23)25-2;1-20(18(24)25)15-5-3-2-4-14(15)10-16(21)19-11-12-6-8-13(9-7-12)17(22)23;;/h3-6,13-14H,7-12H2,1-2H3;2-5,12-13H,6-11H2,1H3,(H,19,21)(H,22,23)(H,24,25);;1H2/q;;+1;/p-1. The van der Waals surface area contributed by atoms with Crippen LogP contribution in [0, 0.1) is 23.7 Å². The second-order valence-corrected chi connectivity index (χ2v) is 13.4. The van der Waals surface area contributed by atoms with Crippen LogP contribution >= 0.6 is 0 Å². The fraction of sp³-hybridized carbons (Fsp3) is 0.514. The molecule has 15 heteroatoms. The topological polar surface area (TPSA) is 204 Å². The maximum Gasteiger partial charge on any atom is 1.00 e. The molecule has 52 heavy (non-hydrogen) atoms. The largest absolute Gasteiger partial charge is 1.00 e. The van der Waals surface area contributed by atoms with Gasteiger partial charge in [-0.3, -0.25) is 33.9 Å². The number of rotatable bonds is 9. The zero-order chi connectivity index (χ0) is 36.4. The molecular formula is C37H49LiN4O10.